The van der Waals surface area contributed by atoms with Gasteiger partial charge in [-0.15, -0.1) is 0 Å². The van der Waals surface area contributed by atoms with Crippen molar-refractivity contribution >= 4 is 0 Å². The van der Waals surface area contributed by atoms with Gasteiger partial charge in [-0.2, -0.15) is 0 Å². The minimum absolute atomic E-state index is 0.0235. The zero-order valence-electron chi connectivity index (χ0n) is 11.4. The second kappa shape index (κ2) is 6.49. The van der Waals surface area contributed by atoms with Gasteiger partial charge in [-0.3, -0.25) is 0 Å². The van der Waals surface area contributed by atoms with Crippen molar-refractivity contribution in [3.63, 3.8) is 0 Å². The van der Waals surface area contributed by atoms with Crippen LogP contribution in [0.4, 0.5) is 0 Å². The Hall–Kier alpha value is -0.0800. The molecular weight excluding hydrogens is 188 g/mol. The van der Waals surface area contributed by atoms with Crippen molar-refractivity contribution in [2.45, 2.75) is 71.5 Å². The molecule has 0 bridgehead atoms. The molecule has 92 valence electrons. The SMILES string of the molecule is CCC(C)(C)OCCCC(C)(CC)OC. The highest BCUT2D eigenvalue weighted by molar-refractivity contribution is 4.73. The number of methoxy groups -OCH3 is 1. The molecule has 0 N–H and O–H groups in total. The van der Waals surface area contributed by atoms with Crippen molar-refractivity contribution in [2.75, 3.05) is 13.7 Å². The van der Waals surface area contributed by atoms with Crippen LogP contribution in [0.1, 0.15) is 60.3 Å². The summed E-state index contributed by atoms with van der Waals surface area (Å²) in [5.74, 6) is 0. The molecular formula is C13H28O2. The van der Waals surface area contributed by atoms with Crippen LogP contribution in [0.25, 0.3) is 0 Å². The van der Waals surface area contributed by atoms with Gasteiger partial charge in [0, 0.05) is 13.7 Å². The molecule has 15 heavy (non-hydrogen) atoms. The largest absolute Gasteiger partial charge is 0.379 e. The van der Waals surface area contributed by atoms with Gasteiger partial charge in [-0.1, -0.05) is 13.8 Å². The standard InChI is InChI=1S/C13H28O2/c1-7-12(3,4)15-11-9-10-13(5,8-2)14-6/h7-11H2,1-6H3. The van der Waals surface area contributed by atoms with E-state index in [1.807, 2.05) is 0 Å². The van der Waals surface area contributed by atoms with Crippen molar-refractivity contribution in [3.8, 4) is 0 Å². The van der Waals surface area contributed by atoms with Crippen LogP contribution in [0.2, 0.25) is 0 Å². The maximum atomic E-state index is 5.81. The number of hydrogen-bond donors (Lipinski definition) is 0. The maximum Gasteiger partial charge on any atom is 0.0649 e. The van der Waals surface area contributed by atoms with Gasteiger partial charge in [0.15, 0.2) is 0 Å². The first-order chi connectivity index (χ1) is 6.89. The Balaban J connectivity index is 3.71. The fourth-order valence-electron chi connectivity index (χ4n) is 1.32. The minimum atomic E-state index is 0.0235. The summed E-state index contributed by atoms with van der Waals surface area (Å²) in [6.07, 6.45) is 4.25. The lowest BCUT2D eigenvalue weighted by Gasteiger charge is -2.28. The van der Waals surface area contributed by atoms with Gasteiger partial charge in [0.25, 0.3) is 0 Å². The van der Waals surface area contributed by atoms with Crippen molar-refractivity contribution in [3.05, 3.63) is 0 Å². The monoisotopic (exact) mass is 216 g/mol. The van der Waals surface area contributed by atoms with E-state index in [0.29, 0.717) is 0 Å². The molecule has 2 heteroatoms. The van der Waals surface area contributed by atoms with E-state index in [2.05, 4.69) is 34.6 Å². The first-order valence-electron chi connectivity index (χ1n) is 6.08. The molecule has 0 saturated heterocycles. The highest BCUT2D eigenvalue weighted by Gasteiger charge is 2.21. The zero-order chi connectivity index (χ0) is 11.9. The Morgan fingerprint density at radius 1 is 1.00 bits per heavy atom. The van der Waals surface area contributed by atoms with E-state index in [1.54, 1.807) is 7.11 Å². The van der Waals surface area contributed by atoms with Crippen LogP contribution in [0.3, 0.4) is 0 Å². The molecule has 0 aromatic carbocycles. The second-order valence-corrected chi connectivity index (χ2v) is 5.07. The molecule has 0 radical (unpaired) electrons. The third kappa shape index (κ3) is 6.16. The third-order valence-electron chi connectivity index (χ3n) is 3.43. The quantitative estimate of drug-likeness (QED) is 0.575. The molecule has 1 unspecified atom stereocenters. The Morgan fingerprint density at radius 3 is 2.00 bits per heavy atom. The fraction of sp³-hybridized carbons (Fsp3) is 1.00. The number of rotatable bonds is 8. The van der Waals surface area contributed by atoms with Crippen LogP contribution in [-0.2, 0) is 9.47 Å². The molecule has 1 atom stereocenters. The van der Waals surface area contributed by atoms with E-state index in [4.69, 9.17) is 9.47 Å². The molecule has 0 rings (SSSR count). The first kappa shape index (κ1) is 14.9. The molecule has 0 aliphatic heterocycles. The summed E-state index contributed by atoms with van der Waals surface area (Å²) in [4.78, 5) is 0. The van der Waals surface area contributed by atoms with E-state index in [1.165, 1.54) is 0 Å². The highest BCUT2D eigenvalue weighted by atomic mass is 16.5. The molecule has 2 nitrogen and oxygen atoms in total. The van der Waals surface area contributed by atoms with E-state index in [0.717, 1.165) is 32.3 Å². The molecule has 0 aliphatic rings. The van der Waals surface area contributed by atoms with Crippen LogP contribution in [-0.4, -0.2) is 24.9 Å². The van der Waals surface area contributed by atoms with E-state index >= 15 is 0 Å². The van der Waals surface area contributed by atoms with Crippen LogP contribution in [0, 0.1) is 0 Å². The predicted octanol–water partition coefficient (Wildman–Crippen LogP) is 3.79. The first-order valence-corrected chi connectivity index (χ1v) is 6.08. The number of hydrogen-bond acceptors (Lipinski definition) is 2. The molecule has 0 amide bonds. The van der Waals surface area contributed by atoms with Gasteiger partial charge in [0.1, 0.15) is 0 Å². The molecule has 0 aromatic rings. The van der Waals surface area contributed by atoms with Gasteiger partial charge >= 0.3 is 0 Å². The molecule has 0 saturated carbocycles. The summed E-state index contributed by atoms with van der Waals surface area (Å²) in [5.41, 5.74) is 0.0510. The lowest BCUT2D eigenvalue weighted by atomic mass is 9.97. The van der Waals surface area contributed by atoms with Crippen molar-refractivity contribution in [1.82, 2.24) is 0 Å². The van der Waals surface area contributed by atoms with Crippen LogP contribution < -0.4 is 0 Å². The Bertz CT molecular complexity index is 160. The summed E-state index contributed by atoms with van der Waals surface area (Å²) >= 11 is 0. The normalized spacial score (nSPS) is 16.4. The lowest BCUT2D eigenvalue weighted by molar-refractivity contribution is -0.0423. The summed E-state index contributed by atoms with van der Waals surface area (Å²) in [7, 11) is 1.79. The van der Waals surface area contributed by atoms with Crippen LogP contribution >= 0.6 is 0 Å². The molecule has 0 fully saturated rings. The van der Waals surface area contributed by atoms with Crippen LogP contribution in [0.5, 0.6) is 0 Å². The van der Waals surface area contributed by atoms with Crippen molar-refractivity contribution < 1.29 is 9.47 Å². The van der Waals surface area contributed by atoms with Gasteiger partial charge in [-0.05, 0) is 46.5 Å². The van der Waals surface area contributed by atoms with Crippen molar-refractivity contribution in [2.24, 2.45) is 0 Å². The third-order valence-corrected chi connectivity index (χ3v) is 3.43. The smallest absolute Gasteiger partial charge is 0.0649 e. The summed E-state index contributed by atoms with van der Waals surface area (Å²) in [6.45, 7) is 11.6. The Kier molecular flexibility index (Phi) is 6.46. The van der Waals surface area contributed by atoms with Gasteiger partial charge in [-0.25, -0.2) is 0 Å². The average Bonchev–Trinajstić information content (AvgIpc) is 2.24. The van der Waals surface area contributed by atoms with E-state index in [-0.39, 0.29) is 11.2 Å². The summed E-state index contributed by atoms with van der Waals surface area (Å²) in [5, 5.41) is 0. The lowest BCUT2D eigenvalue weighted by Crippen LogP contribution is -2.28. The molecule has 0 heterocycles. The van der Waals surface area contributed by atoms with E-state index in [9.17, 15) is 0 Å². The average molecular weight is 216 g/mol. The zero-order valence-corrected chi connectivity index (χ0v) is 11.4. The topological polar surface area (TPSA) is 18.5 Å². The molecule has 0 spiro atoms. The van der Waals surface area contributed by atoms with Crippen molar-refractivity contribution in [1.29, 1.82) is 0 Å². The van der Waals surface area contributed by atoms with Crippen LogP contribution in [0.15, 0.2) is 0 Å². The Morgan fingerprint density at radius 2 is 1.60 bits per heavy atom. The molecule has 0 aromatic heterocycles. The van der Waals surface area contributed by atoms with Gasteiger partial charge in [0.05, 0.1) is 11.2 Å². The summed E-state index contributed by atoms with van der Waals surface area (Å²) in [6, 6.07) is 0. The van der Waals surface area contributed by atoms with E-state index < -0.39 is 0 Å². The highest BCUT2D eigenvalue weighted by Crippen LogP contribution is 2.21. The van der Waals surface area contributed by atoms with Gasteiger partial charge < -0.3 is 9.47 Å². The predicted molar refractivity (Wildman–Crippen MR) is 65.3 cm³/mol. The molecule has 0 aliphatic carbocycles. The number of ether oxygens (including phenoxy) is 2. The van der Waals surface area contributed by atoms with Gasteiger partial charge in [0.2, 0.25) is 0 Å². The fourth-order valence-corrected chi connectivity index (χ4v) is 1.32. The second-order valence-electron chi connectivity index (χ2n) is 5.07. The minimum Gasteiger partial charge on any atom is -0.379 e. The summed E-state index contributed by atoms with van der Waals surface area (Å²) < 4.78 is 11.3. The maximum absolute atomic E-state index is 5.81. The Labute approximate surface area is 95.3 Å².